The van der Waals surface area contributed by atoms with Crippen molar-refractivity contribution in [3.05, 3.63) is 0 Å². The molecule has 2 atom stereocenters. The number of carbonyl (C=O) groups is 2. The smallest absolute Gasteiger partial charge is 0.472 e. The number of ether oxygens (including phenoxy) is 1. The molecule has 0 rings (SSSR count). The summed E-state index contributed by atoms with van der Waals surface area (Å²) >= 11 is 0. The van der Waals surface area contributed by atoms with E-state index in [0.29, 0.717) is 19.3 Å². The van der Waals surface area contributed by atoms with E-state index < -0.39 is 26.4 Å². The molecule has 0 aromatic heterocycles. The summed E-state index contributed by atoms with van der Waals surface area (Å²) < 4.78 is 26.0. The second-order valence-corrected chi connectivity index (χ2v) is 10.6. The lowest BCUT2D eigenvalue weighted by Crippen LogP contribution is -2.34. The number of nitrogens with two attached hydrogens (primary N) is 1. The molecule has 0 aromatic rings. The molecule has 0 amide bonds. The highest BCUT2D eigenvalue weighted by Crippen LogP contribution is 2.43. The highest BCUT2D eigenvalue weighted by molar-refractivity contribution is 7.47. The average molecular weight is 524 g/mol. The van der Waals surface area contributed by atoms with Crippen molar-refractivity contribution in [2.24, 2.45) is 5.73 Å². The van der Waals surface area contributed by atoms with E-state index in [4.69, 9.17) is 20.1 Å². The number of phosphoric ester groups is 1. The zero-order valence-corrected chi connectivity index (χ0v) is 22.7. The summed E-state index contributed by atoms with van der Waals surface area (Å²) in [5, 5.41) is 8.60. The van der Waals surface area contributed by atoms with Gasteiger partial charge in [-0.3, -0.25) is 18.6 Å². The highest BCUT2D eigenvalue weighted by atomic mass is 31.2. The number of hydrogen-bond donors (Lipinski definition) is 3. The van der Waals surface area contributed by atoms with Crippen LogP contribution in [0.2, 0.25) is 0 Å². The predicted molar refractivity (Wildman–Crippen MR) is 137 cm³/mol. The number of aliphatic carboxylic acids is 1. The van der Waals surface area contributed by atoms with Gasteiger partial charge in [-0.1, -0.05) is 96.8 Å². The molecule has 0 bridgehead atoms. The van der Waals surface area contributed by atoms with E-state index in [0.717, 1.165) is 19.3 Å². The van der Waals surface area contributed by atoms with E-state index in [1.165, 1.54) is 77.0 Å². The predicted octanol–water partition coefficient (Wildman–Crippen LogP) is 6.12. The number of hydrogen-bond acceptors (Lipinski definition) is 7. The van der Waals surface area contributed by atoms with Crippen LogP contribution in [-0.4, -0.2) is 47.8 Å². The van der Waals surface area contributed by atoms with Crippen molar-refractivity contribution < 1.29 is 37.9 Å². The zero-order valence-electron chi connectivity index (χ0n) is 21.8. The van der Waals surface area contributed by atoms with Crippen molar-refractivity contribution in [3.8, 4) is 0 Å². The van der Waals surface area contributed by atoms with Crippen LogP contribution in [0.3, 0.4) is 0 Å². The molecule has 35 heavy (non-hydrogen) atoms. The number of esters is 1. The van der Waals surface area contributed by atoms with E-state index in [9.17, 15) is 19.0 Å². The standard InChI is InChI=1S/C25H50NO8P/c1-2-3-4-5-6-7-8-9-10-11-12-13-14-15-16-19-24(27)32-20-17-18-21-33-35(30,31)34-22-23(26)25(28)29/h23H,2-22,26H2,1H3,(H,28,29)(H,30,31). The minimum absolute atomic E-state index is 0.0767. The largest absolute Gasteiger partial charge is 0.480 e. The van der Waals surface area contributed by atoms with Gasteiger partial charge in [0.15, 0.2) is 0 Å². The van der Waals surface area contributed by atoms with Crippen LogP contribution in [-0.2, 0) is 27.9 Å². The van der Waals surface area contributed by atoms with Crippen molar-refractivity contribution in [1.29, 1.82) is 0 Å². The van der Waals surface area contributed by atoms with Gasteiger partial charge in [-0.15, -0.1) is 0 Å². The number of rotatable bonds is 26. The summed E-state index contributed by atoms with van der Waals surface area (Å²) in [5.74, 6) is -1.56. The second kappa shape index (κ2) is 23.4. The third-order valence-corrected chi connectivity index (χ3v) is 6.76. The third kappa shape index (κ3) is 24.5. The molecule has 9 nitrogen and oxygen atoms in total. The van der Waals surface area contributed by atoms with Gasteiger partial charge in [0.2, 0.25) is 0 Å². The molecule has 0 radical (unpaired) electrons. The molecule has 0 aliphatic rings. The Bertz CT molecular complexity index is 576. The van der Waals surface area contributed by atoms with Gasteiger partial charge < -0.3 is 20.5 Å². The van der Waals surface area contributed by atoms with Crippen LogP contribution in [0.25, 0.3) is 0 Å². The first-order chi connectivity index (χ1) is 16.8. The minimum Gasteiger partial charge on any atom is -0.480 e. The minimum atomic E-state index is -4.35. The Kier molecular flexibility index (Phi) is 22.7. The Morgan fingerprint density at radius 1 is 0.743 bits per heavy atom. The van der Waals surface area contributed by atoms with Gasteiger partial charge in [0.25, 0.3) is 0 Å². The quantitative estimate of drug-likeness (QED) is 0.0693. The molecular formula is C25H50NO8P. The van der Waals surface area contributed by atoms with E-state index in [2.05, 4.69) is 11.4 Å². The first-order valence-corrected chi connectivity index (χ1v) is 15.0. The molecule has 208 valence electrons. The number of phosphoric acid groups is 1. The fourth-order valence-electron chi connectivity index (χ4n) is 3.57. The van der Waals surface area contributed by atoms with Gasteiger partial charge in [0.1, 0.15) is 6.04 Å². The summed E-state index contributed by atoms with van der Waals surface area (Å²) in [6.45, 7) is 1.78. The van der Waals surface area contributed by atoms with Crippen molar-refractivity contribution in [1.82, 2.24) is 0 Å². The highest BCUT2D eigenvalue weighted by Gasteiger charge is 2.24. The Balaban J connectivity index is 3.39. The molecule has 4 N–H and O–H groups in total. The molecule has 0 spiro atoms. The number of carbonyl (C=O) groups excluding carboxylic acids is 1. The molecule has 0 heterocycles. The van der Waals surface area contributed by atoms with Gasteiger partial charge in [-0.25, -0.2) is 4.57 Å². The summed E-state index contributed by atoms with van der Waals surface area (Å²) in [4.78, 5) is 31.7. The van der Waals surface area contributed by atoms with Gasteiger partial charge in [-0.2, -0.15) is 0 Å². The number of carboxylic acids is 1. The molecule has 0 aliphatic heterocycles. The van der Waals surface area contributed by atoms with E-state index >= 15 is 0 Å². The maximum absolute atomic E-state index is 11.8. The molecule has 0 fully saturated rings. The molecule has 2 unspecified atom stereocenters. The fraction of sp³-hybridized carbons (Fsp3) is 0.920. The summed E-state index contributed by atoms with van der Waals surface area (Å²) in [6, 6.07) is -1.40. The van der Waals surface area contributed by atoms with Gasteiger partial charge >= 0.3 is 19.8 Å². The molecule has 0 saturated carbocycles. The summed E-state index contributed by atoms with van der Waals surface area (Å²) in [6.07, 6.45) is 20.5. The van der Waals surface area contributed by atoms with Crippen LogP contribution in [0, 0.1) is 0 Å². The Morgan fingerprint density at radius 3 is 1.69 bits per heavy atom. The lowest BCUT2D eigenvalue weighted by Gasteiger charge is -2.13. The van der Waals surface area contributed by atoms with Crippen LogP contribution in [0.4, 0.5) is 0 Å². The Hall–Kier alpha value is -0.990. The molecule has 10 heteroatoms. The lowest BCUT2D eigenvalue weighted by molar-refractivity contribution is -0.144. The molecule has 0 aromatic carbocycles. The maximum Gasteiger partial charge on any atom is 0.472 e. The van der Waals surface area contributed by atoms with Crippen molar-refractivity contribution in [3.63, 3.8) is 0 Å². The van der Waals surface area contributed by atoms with Crippen molar-refractivity contribution in [2.45, 2.75) is 129 Å². The SMILES string of the molecule is CCCCCCCCCCCCCCCCCC(=O)OCCCCOP(=O)(O)OCC(N)C(=O)O. The normalized spacial score (nSPS) is 13.9. The monoisotopic (exact) mass is 523 g/mol. The first-order valence-electron chi connectivity index (χ1n) is 13.5. The van der Waals surface area contributed by atoms with Crippen LogP contribution in [0.1, 0.15) is 122 Å². The number of unbranched alkanes of at least 4 members (excludes halogenated alkanes) is 15. The topological polar surface area (TPSA) is 145 Å². The Labute approximate surface area is 212 Å². The number of carboxylic acid groups (broad SMARTS) is 1. The van der Waals surface area contributed by atoms with Crippen molar-refractivity contribution in [2.75, 3.05) is 19.8 Å². The summed E-state index contributed by atoms with van der Waals surface area (Å²) in [7, 11) is -4.35. The third-order valence-electron chi connectivity index (χ3n) is 5.78. The van der Waals surface area contributed by atoms with E-state index in [1.54, 1.807) is 0 Å². The van der Waals surface area contributed by atoms with E-state index in [-0.39, 0.29) is 19.2 Å². The van der Waals surface area contributed by atoms with Gasteiger partial charge in [0, 0.05) is 6.42 Å². The molecule has 0 aliphatic carbocycles. The van der Waals surface area contributed by atoms with E-state index in [1.807, 2.05) is 0 Å². The molecular weight excluding hydrogens is 473 g/mol. The van der Waals surface area contributed by atoms with Crippen LogP contribution >= 0.6 is 7.82 Å². The average Bonchev–Trinajstić information content (AvgIpc) is 2.82. The van der Waals surface area contributed by atoms with Crippen LogP contribution in [0.5, 0.6) is 0 Å². The zero-order chi connectivity index (χ0) is 26.2. The van der Waals surface area contributed by atoms with Crippen LogP contribution < -0.4 is 5.73 Å². The lowest BCUT2D eigenvalue weighted by atomic mass is 10.0. The van der Waals surface area contributed by atoms with Crippen molar-refractivity contribution >= 4 is 19.8 Å². The second-order valence-electron chi connectivity index (χ2n) is 9.17. The van der Waals surface area contributed by atoms with Crippen LogP contribution in [0.15, 0.2) is 0 Å². The summed E-state index contributed by atoms with van der Waals surface area (Å²) in [5.41, 5.74) is 5.19. The Morgan fingerprint density at radius 2 is 1.20 bits per heavy atom. The maximum atomic E-state index is 11.8. The first kappa shape index (κ1) is 34.0. The van der Waals surface area contributed by atoms with Gasteiger partial charge in [-0.05, 0) is 19.3 Å². The fourth-order valence-corrected chi connectivity index (χ4v) is 4.35. The van der Waals surface area contributed by atoms with Gasteiger partial charge in [0.05, 0.1) is 19.8 Å². The molecule has 0 saturated heterocycles.